The number of rotatable bonds is 6. The van der Waals surface area contributed by atoms with E-state index in [0.717, 1.165) is 12.2 Å². The fraction of sp³-hybridized carbons (Fsp3) is 0.462. The van der Waals surface area contributed by atoms with Crippen molar-refractivity contribution < 1.29 is 9.53 Å². The van der Waals surface area contributed by atoms with E-state index in [0.29, 0.717) is 6.54 Å². The van der Waals surface area contributed by atoms with Crippen LogP contribution in [0.1, 0.15) is 5.56 Å². The quantitative estimate of drug-likeness (QED) is 0.807. The molecule has 0 fully saturated rings. The average molecular weight is 236 g/mol. The van der Waals surface area contributed by atoms with Gasteiger partial charge in [0.1, 0.15) is 6.61 Å². The van der Waals surface area contributed by atoms with Crippen LogP contribution in [0.4, 0.5) is 5.69 Å². The van der Waals surface area contributed by atoms with Gasteiger partial charge >= 0.3 is 0 Å². The molecule has 0 aliphatic carbocycles. The molecular weight excluding hydrogens is 216 g/mol. The number of aryl methyl sites for hydroxylation is 1. The van der Waals surface area contributed by atoms with Gasteiger partial charge in [-0.05, 0) is 26.1 Å². The molecule has 4 nitrogen and oxygen atoms in total. The van der Waals surface area contributed by atoms with Crippen LogP contribution in [0.25, 0.3) is 0 Å². The Balaban J connectivity index is 2.81. The highest BCUT2D eigenvalue weighted by Gasteiger charge is 2.14. The molecule has 1 aromatic rings. The van der Waals surface area contributed by atoms with E-state index >= 15 is 0 Å². The van der Waals surface area contributed by atoms with E-state index < -0.39 is 0 Å². The number of hydrogen-bond donors (Lipinski definition) is 1. The first kappa shape index (κ1) is 13.7. The van der Waals surface area contributed by atoms with Crippen molar-refractivity contribution in [2.45, 2.75) is 6.92 Å². The maximum atomic E-state index is 11.9. The van der Waals surface area contributed by atoms with Gasteiger partial charge in [-0.15, -0.1) is 0 Å². The summed E-state index contributed by atoms with van der Waals surface area (Å²) in [6.07, 6.45) is 0. The molecule has 1 amide bonds. The summed E-state index contributed by atoms with van der Waals surface area (Å²) in [6, 6.07) is 7.92. The highest BCUT2D eigenvalue weighted by atomic mass is 16.5. The lowest BCUT2D eigenvalue weighted by Gasteiger charge is -2.22. The third-order valence-electron chi connectivity index (χ3n) is 2.50. The maximum absolute atomic E-state index is 11.9. The lowest BCUT2D eigenvalue weighted by atomic mass is 10.2. The van der Waals surface area contributed by atoms with Crippen LogP contribution < -0.4 is 10.2 Å². The largest absolute Gasteiger partial charge is 0.375 e. The number of benzene rings is 1. The SMILES string of the molecule is CNCCN(C(=O)COC)c1ccc(C)cc1. The molecule has 0 atom stereocenters. The Bertz CT molecular complexity index is 349. The molecule has 0 aromatic heterocycles. The second-order valence-corrected chi connectivity index (χ2v) is 3.92. The topological polar surface area (TPSA) is 41.6 Å². The minimum Gasteiger partial charge on any atom is -0.375 e. The molecule has 0 aliphatic rings. The monoisotopic (exact) mass is 236 g/mol. The maximum Gasteiger partial charge on any atom is 0.252 e. The zero-order valence-corrected chi connectivity index (χ0v) is 10.7. The minimum absolute atomic E-state index is 0.0217. The van der Waals surface area contributed by atoms with Crippen molar-refractivity contribution in [3.63, 3.8) is 0 Å². The molecule has 0 radical (unpaired) electrons. The number of nitrogens with zero attached hydrogens (tertiary/aromatic N) is 1. The summed E-state index contributed by atoms with van der Waals surface area (Å²) in [7, 11) is 3.40. The predicted octanol–water partition coefficient (Wildman–Crippen LogP) is 1.19. The molecule has 17 heavy (non-hydrogen) atoms. The summed E-state index contributed by atoms with van der Waals surface area (Å²) in [5.41, 5.74) is 2.09. The van der Waals surface area contributed by atoms with Gasteiger partial charge < -0.3 is 15.0 Å². The summed E-state index contributed by atoms with van der Waals surface area (Å²) in [6.45, 7) is 3.53. The van der Waals surface area contributed by atoms with E-state index in [-0.39, 0.29) is 12.5 Å². The van der Waals surface area contributed by atoms with E-state index in [9.17, 15) is 4.79 Å². The van der Waals surface area contributed by atoms with Crippen molar-refractivity contribution in [2.75, 3.05) is 38.8 Å². The normalized spacial score (nSPS) is 10.3. The van der Waals surface area contributed by atoms with Crippen LogP contribution in [0.3, 0.4) is 0 Å². The zero-order chi connectivity index (χ0) is 12.7. The molecule has 0 saturated carbocycles. The molecule has 0 aliphatic heterocycles. The van der Waals surface area contributed by atoms with Gasteiger partial charge in [0.25, 0.3) is 5.91 Å². The molecule has 0 unspecified atom stereocenters. The number of amides is 1. The van der Waals surface area contributed by atoms with Crippen LogP contribution in [-0.4, -0.2) is 39.8 Å². The van der Waals surface area contributed by atoms with Gasteiger partial charge in [-0.2, -0.15) is 0 Å². The van der Waals surface area contributed by atoms with E-state index in [1.165, 1.54) is 12.7 Å². The summed E-state index contributed by atoms with van der Waals surface area (Å²) < 4.78 is 4.90. The Morgan fingerprint density at radius 2 is 2.00 bits per heavy atom. The molecule has 1 rings (SSSR count). The Kier molecular flexibility index (Phi) is 5.66. The van der Waals surface area contributed by atoms with Crippen molar-refractivity contribution in [1.82, 2.24) is 5.32 Å². The third-order valence-corrected chi connectivity index (χ3v) is 2.50. The van der Waals surface area contributed by atoms with Crippen molar-refractivity contribution >= 4 is 11.6 Å². The Labute approximate surface area is 103 Å². The fourth-order valence-corrected chi connectivity index (χ4v) is 1.55. The Hall–Kier alpha value is -1.39. The molecule has 0 spiro atoms. The zero-order valence-electron chi connectivity index (χ0n) is 10.7. The molecule has 94 valence electrons. The van der Waals surface area contributed by atoms with Crippen molar-refractivity contribution in [1.29, 1.82) is 0 Å². The fourth-order valence-electron chi connectivity index (χ4n) is 1.55. The van der Waals surface area contributed by atoms with Crippen LogP contribution in [0, 0.1) is 6.92 Å². The average Bonchev–Trinajstić information content (AvgIpc) is 2.32. The number of carbonyl (C=O) groups excluding carboxylic acids is 1. The Morgan fingerprint density at radius 3 is 2.53 bits per heavy atom. The molecule has 0 bridgehead atoms. The molecule has 0 heterocycles. The third kappa shape index (κ3) is 4.17. The first-order chi connectivity index (χ1) is 8.19. The lowest BCUT2D eigenvalue weighted by Crippen LogP contribution is -2.38. The summed E-state index contributed by atoms with van der Waals surface area (Å²) in [4.78, 5) is 13.6. The summed E-state index contributed by atoms with van der Waals surface area (Å²) in [5.74, 6) is -0.0217. The minimum atomic E-state index is -0.0217. The number of methoxy groups -OCH3 is 1. The smallest absolute Gasteiger partial charge is 0.252 e. The first-order valence-electron chi connectivity index (χ1n) is 5.69. The number of carbonyl (C=O) groups is 1. The van der Waals surface area contributed by atoms with Crippen LogP contribution in [0.2, 0.25) is 0 Å². The van der Waals surface area contributed by atoms with E-state index in [1.807, 2.05) is 38.2 Å². The predicted molar refractivity (Wildman–Crippen MR) is 69.3 cm³/mol. The summed E-state index contributed by atoms with van der Waals surface area (Å²) in [5, 5.41) is 3.04. The highest BCUT2D eigenvalue weighted by molar-refractivity contribution is 5.94. The molecule has 1 aromatic carbocycles. The van der Waals surface area contributed by atoms with Crippen molar-refractivity contribution in [2.24, 2.45) is 0 Å². The number of likely N-dealkylation sites (N-methyl/N-ethyl adjacent to an activating group) is 1. The van der Waals surface area contributed by atoms with Gasteiger partial charge in [0.05, 0.1) is 0 Å². The van der Waals surface area contributed by atoms with Crippen LogP contribution in [0.15, 0.2) is 24.3 Å². The first-order valence-corrected chi connectivity index (χ1v) is 5.69. The van der Waals surface area contributed by atoms with Crippen LogP contribution >= 0.6 is 0 Å². The highest BCUT2D eigenvalue weighted by Crippen LogP contribution is 2.15. The molecule has 1 N–H and O–H groups in total. The summed E-state index contributed by atoms with van der Waals surface area (Å²) >= 11 is 0. The molecule has 4 heteroatoms. The van der Waals surface area contributed by atoms with E-state index in [2.05, 4.69) is 5.32 Å². The van der Waals surface area contributed by atoms with Gasteiger partial charge in [0.2, 0.25) is 0 Å². The van der Waals surface area contributed by atoms with Crippen molar-refractivity contribution in [3.8, 4) is 0 Å². The second-order valence-electron chi connectivity index (χ2n) is 3.92. The number of hydrogen-bond acceptors (Lipinski definition) is 3. The van der Waals surface area contributed by atoms with E-state index in [1.54, 1.807) is 4.90 Å². The van der Waals surface area contributed by atoms with E-state index in [4.69, 9.17) is 4.74 Å². The second kappa shape index (κ2) is 7.04. The van der Waals surface area contributed by atoms with Gasteiger partial charge in [-0.1, -0.05) is 17.7 Å². The number of ether oxygens (including phenoxy) is 1. The standard InChI is InChI=1S/C13H20N2O2/c1-11-4-6-12(7-5-11)15(9-8-14-2)13(16)10-17-3/h4-7,14H,8-10H2,1-3H3. The van der Waals surface area contributed by atoms with Crippen molar-refractivity contribution in [3.05, 3.63) is 29.8 Å². The Morgan fingerprint density at radius 1 is 1.35 bits per heavy atom. The van der Waals surface area contributed by atoms with Gasteiger partial charge in [-0.3, -0.25) is 4.79 Å². The number of nitrogens with one attached hydrogen (secondary N) is 1. The van der Waals surface area contributed by atoms with Gasteiger partial charge in [0, 0.05) is 25.9 Å². The lowest BCUT2D eigenvalue weighted by molar-refractivity contribution is -0.122. The van der Waals surface area contributed by atoms with Crippen LogP contribution in [-0.2, 0) is 9.53 Å². The van der Waals surface area contributed by atoms with Gasteiger partial charge in [0.15, 0.2) is 0 Å². The van der Waals surface area contributed by atoms with Gasteiger partial charge in [-0.25, -0.2) is 0 Å². The molecular formula is C13H20N2O2. The van der Waals surface area contributed by atoms with Crippen LogP contribution in [0.5, 0.6) is 0 Å². The number of anilines is 1. The molecule has 0 saturated heterocycles.